The van der Waals surface area contributed by atoms with Crippen molar-refractivity contribution in [1.82, 2.24) is 0 Å². The van der Waals surface area contributed by atoms with Crippen LogP contribution in [0.1, 0.15) is 0 Å². The summed E-state index contributed by atoms with van der Waals surface area (Å²) in [6.45, 7) is 0. The van der Waals surface area contributed by atoms with E-state index in [1.807, 2.05) is 0 Å². The maximum atomic E-state index is 9.39. The van der Waals surface area contributed by atoms with Gasteiger partial charge in [-0.3, -0.25) is 0 Å². The SMILES string of the molecule is O=C(O)[AsH][Cr]. The number of hydrogen-bond acceptors (Lipinski definition) is 1. The first-order valence-electron chi connectivity index (χ1n) is 0.882. The first-order chi connectivity index (χ1) is 2.27. The molecule has 0 saturated heterocycles. The van der Waals surface area contributed by atoms with E-state index in [1.165, 1.54) is 0 Å². The van der Waals surface area contributed by atoms with E-state index in [1.54, 1.807) is 0 Å². The topological polar surface area (TPSA) is 37.3 Å². The summed E-state index contributed by atoms with van der Waals surface area (Å²) in [5, 5.41) is 7.75. The molecule has 0 rings (SSSR count). The Bertz CT molecular complexity index is 44.9. The average molecular weight is 173 g/mol. The summed E-state index contributed by atoms with van der Waals surface area (Å²) < 4.78 is -0.676. The van der Waals surface area contributed by atoms with Crippen LogP contribution in [-0.2, 0) is 14.3 Å². The van der Waals surface area contributed by atoms with Gasteiger partial charge in [0.05, 0.1) is 0 Å². The first kappa shape index (κ1) is 5.56. The molecule has 0 aromatic rings. The zero-order valence-corrected chi connectivity index (χ0v) is 5.64. The van der Waals surface area contributed by atoms with Crippen LogP contribution in [0.5, 0.6) is 0 Å². The van der Waals surface area contributed by atoms with Crippen LogP contribution in [0.3, 0.4) is 0 Å². The van der Waals surface area contributed by atoms with Crippen LogP contribution in [0.4, 0.5) is 4.79 Å². The fraction of sp³-hybridized carbons (Fsp3) is 0. The first-order valence-corrected chi connectivity index (χ1v) is 6.10. The molecular weight excluding hydrogens is 171 g/mol. The van der Waals surface area contributed by atoms with Crippen LogP contribution in [0, 0.1) is 0 Å². The molecule has 0 fully saturated rings. The van der Waals surface area contributed by atoms with Gasteiger partial charge >= 0.3 is 42.7 Å². The van der Waals surface area contributed by atoms with Crippen LogP contribution in [0.15, 0.2) is 0 Å². The van der Waals surface area contributed by atoms with E-state index >= 15 is 0 Å². The number of rotatable bonds is 1. The van der Waals surface area contributed by atoms with E-state index in [-0.39, 0.29) is 0 Å². The van der Waals surface area contributed by atoms with Gasteiger partial charge in [0, 0.05) is 0 Å². The van der Waals surface area contributed by atoms with Gasteiger partial charge in [-0.25, -0.2) is 0 Å². The Kier molecular flexibility index (Phi) is 3.09. The van der Waals surface area contributed by atoms with Gasteiger partial charge in [0.2, 0.25) is 0 Å². The Morgan fingerprint density at radius 2 is 2.20 bits per heavy atom. The van der Waals surface area contributed by atoms with Gasteiger partial charge in [-0.2, -0.15) is 0 Å². The van der Waals surface area contributed by atoms with Crippen molar-refractivity contribution in [2.45, 2.75) is 0 Å². The predicted octanol–water partition coefficient (Wildman–Crippen LogP) is -0.437. The summed E-state index contributed by atoms with van der Waals surface area (Å²) in [6.07, 6.45) is 0. The third kappa shape index (κ3) is 4.56. The minimum atomic E-state index is -0.764. The van der Waals surface area contributed by atoms with Crippen molar-refractivity contribution >= 4 is 18.6 Å². The number of carboxylic acid groups (broad SMARTS) is 1. The second kappa shape index (κ2) is 2.78. The molecule has 0 saturated carbocycles. The molecular formula is CH2AsCrO2. The third-order valence-corrected chi connectivity index (χ3v) is 1.87. The Morgan fingerprint density at radius 3 is 2.20 bits per heavy atom. The van der Waals surface area contributed by atoms with Crippen molar-refractivity contribution in [3.05, 3.63) is 0 Å². The van der Waals surface area contributed by atoms with E-state index in [0.717, 1.165) is 0 Å². The molecule has 0 aromatic heterocycles. The quantitative estimate of drug-likeness (QED) is 0.546. The van der Waals surface area contributed by atoms with E-state index in [0.29, 0.717) is 0 Å². The standard InChI is InChI=1S/CH2AsO2.Cr/c2-1(3)4;/h2H,(H,3,4);/q-1;+1. The van der Waals surface area contributed by atoms with Crippen molar-refractivity contribution in [2.24, 2.45) is 0 Å². The van der Waals surface area contributed by atoms with E-state index in [4.69, 9.17) is 5.11 Å². The maximum absolute atomic E-state index is 9.39. The molecule has 0 heterocycles. The molecule has 0 spiro atoms. The normalized spacial score (nSPS) is 9.60. The molecule has 1 atom stereocenters. The average Bonchev–Trinajstić information content (AvgIpc) is 1.38. The van der Waals surface area contributed by atoms with Gasteiger partial charge in [0.1, 0.15) is 0 Å². The van der Waals surface area contributed by atoms with Gasteiger partial charge in [0.15, 0.2) is 0 Å². The van der Waals surface area contributed by atoms with Gasteiger partial charge in [-0.05, 0) is 0 Å². The summed E-state index contributed by atoms with van der Waals surface area (Å²) in [5.41, 5.74) is 0. The fourth-order valence-corrected chi connectivity index (χ4v) is 0. The van der Waals surface area contributed by atoms with Crippen LogP contribution in [0.25, 0.3) is 0 Å². The zero-order chi connectivity index (χ0) is 4.28. The van der Waals surface area contributed by atoms with E-state index in [2.05, 4.69) is 14.3 Å². The molecule has 5 heavy (non-hydrogen) atoms. The van der Waals surface area contributed by atoms with E-state index < -0.39 is 18.6 Å². The monoisotopic (exact) mass is 173 g/mol. The van der Waals surface area contributed by atoms with Gasteiger partial charge < -0.3 is 0 Å². The van der Waals surface area contributed by atoms with Crippen LogP contribution >= 0.6 is 0 Å². The number of carbonyl (C=O) groups is 1. The van der Waals surface area contributed by atoms with E-state index in [9.17, 15) is 4.79 Å². The summed E-state index contributed by atoms with van der Waals surface area (Å²) in [4.78, 5) is 9.39. The van der Waals surface area contributed by atoms with Crippen molar-refractivity contribution in [3.8, 4) is 0 Å². The van der Waals surface area contributed by atoms with Gasteiger partial charge in [-0.15, -0.1) is 0 Å². The molecule has 1 unspecified atom stereocenters. The summed E-state index contributed by atoms with van der Waals surface area (Å²) in [7, 11) is 0. The molecule has 0 radical (unpaired) electrons. The molecule has 0 bridgehead atoms. The van der Waals surface area contributed by atoms with Crippen molar-refractivity contribution in [1.29, 1.82) is 0 Å². The van der Waals surface area contributed by atoms with Gasteiger partial charge in [-0.1, -0.05) is 0 Å². The fourth-order valence-electron chi connectivity index (χ4n) is 0. The summed E-state index contributed by atoms with van der Waals surface area (Å²) in [5.74, 6) is 0. The molecule has 1 N–H and O–H groups in total. The van der Waals surface area contributed by atoms with Crippen molar-refractivity contribution in [2.75, 3.05) is 0 Å². The Morgan fingerprint density at radius 1 is 2.00 bits per heavy atom. The number of hydrogen-bond donors (Lipinski definition) is 1. The Balaban J connectivity index is 2.85. The molecule has 0 aromatic carbocycles. The third-order valence-electron chi connectivity index (χ3n) is 0.0873. The predicted molar refractivity (Wildman–Crippen MR) is 15.2 cm³/mol. The molecule has 0 aliphatic carbocycles. The van der Waals surface area contributed by atoms with Crippen LogP contribution < -0.4 is 0 Å². The second-order valence-corrected chi connectivity index (χ2v) is 3.39. The van der Waals surface area contributed by atoms with Gasteiger partial charge in [0.25, 0.3) is 0 Å². The van der Waals surface area contributed by atoms with Crippen LogP contribution in [-0.4, -0.2) is 23.7 Å². The Hall–Kier alpha value is 0.561. The molecule has 29 valence electrons. The molecule has 0 amide bonds. The molecule has 0 aliphatic rings. The molecule has 4 heteroatoms. The zero-order valence-electron chi connectivity index (χ0n) is 2.26. The second-order valence-electron chi connectivity index (χ2n) is 0.407. The molecule has 0 aliphatic heterocycles. The van der Waals surface area contributed by atoms with Crippen molar-refractivity contribution < 1.29 is 24.2 Å². The minimum absolute atomic E-state index is 0.676. The molecule has 2 nitrogen and oxygen atoms in total. The Labute approximate surface area is 43.1 Å². The summed E-state index contributed by atoms with van der Waals surface area (Å²) >= 11 is 1.70. The van der Waals surface area contributed by atoms with Crippen molar-refractivity contribution in [3.63, 3.8) is 0 Å². The summed E-state index contributed by atoms with van der Waals surface area (Å²) in [6, 6.07) is 0. The van der Waals surface area contributed by atoms with Crippen LogP contribution in [0.2, 0.25) is 0 Å².